The Hall–Kier alpha value is -2.49. The number of phenols is 1. The van der Waals surface area contributed by atoms with Gasteiger partial charge in [-0.05, 0) is 62.4 Å². The van der Waals surface area contributed by atoms with Crippen molar-refractivity contribution in [2.75, 3.05) is 40.9 Å². The highest BCUT2D eigenvalue weighted by atomic mass is 127. The molecule has 0 radical (unpaired) electrons. The Balaban J connectivity index is 1.44. The van der Waals surface area contributed by atoms with Crippen LogP contribution in [-0.4, -0.2) is 58.2 Å². The number of carbonyl (C=O) groups is 2. The fraction of sp³-hybridized carbons (Fsp3) is 0.364. The number of carbonyl (C=O) groups excluding carboxylic acids is 2. The number of piperazine rings is 1. The van der Waals surface area contributed by atoms with Crippen LogP contribution >= 0.6 is 22.6 Å². The van der Waals surface area contributed by atoms with Crippen molar-refractivity contribution >= 4 is 51.6 Å². The number of anilines is 3. The average molecular weight is 520 g/mol. The average Bonchev–Trinajstić information content (AvgIpc) is 3.03. The first-order valence-corrected chi connectivity index (χ1v) is 11.3. The normalized spacial score (nSPS) is 19.9. The van der Waals surface area contributed by atoms with Crippen LogP contribution in [0.3, 0.4) is 0 Å². The molecule has 4 rings (SSSR count). The molecule has 1 N–H and O–H groups in total. The van der Waals surface area contributed by atoms with E-state index in [0.717, 1.165) is 36.7 Å². The van der Waals surface area contributed by atoms with Crippen molar-refractivity contribution in [1.82, 2.24) is 4.90 Å². The minimum atomic E-state index is -0.253. The second-order valence-corrected chi connectivity index (χ2v) is 9.27. The SMILES string of the molecule is CC(C)N1C(=O)CN(c2ccc(N3CCN(c4ccc(O)cc4)CC3I)cc2)C1=O. The number of halogens is 1. The molecule has 2 aromatic rings. The van der Waals surface area contributed by atoms with Gasteiger partial charge in [-0.15, -0.1) is 0 Å². The Kier molecular flexibility index (Phi) is 5.77. The van der Waals surface area contributed by atoms with Gasteiger partial charge in [0.1, 0.15) is 12.3 Å². The lowest BCUT2D eigenvalue weighted by Crippen LogP contribution is -2.50. The summed E-state index contributed by atoms with van der Waals surface area (Å²) in [5, 5.41) is 9.50. The molecule has 2 aliphatic rings. The van der Waals surface area contributed by atoms with Crippen LogP contribution in [0, 0.1) is 0 Å². The quantitative estimate of drug-likeness (QED) is 0.289. The van der Waals surface area contributed by atoms with E-state index < -0.39 is 0 Å². The van der Waals surface area contributed by atoms with Crippen LogP contribution in [0.5, 0.6) is 5.75 Å². The van der Waals surface area contributed by atoms with Crippen LogP contribution in [0.15, 0.2) is 48.5 Å². The summed E-state index contributed by atoms with van der Waals surface area (Å²) in [4.78, 5) is 32.3. The van der Waals surface area contributed by atoms with Crippen molar-refractivity contribution in [3.63, 3.8) is 0 Å². The molecule has 158 valence electrons. The number of aromatic hydroxyl groups is 1. The molecule has 2 aliphatic heterocycles. The number of urea groups is 1. The zero-order valence-electron chi connectivity index (χ0n) is 17.0. The van der Waals surface area contributed by atoms with Crippen LogP contribution in [0.1, 0.15) is 13.8 Å². The van der Waals surface area contributed by atoms with Crippen molar-refractivity contribution in [2.24, 2.45) is 0 Å². The number of phenolic OH excluding ortho intramolecular Hbond substituents is 1. The zero-order valence-corrected chi connectivity index (χ0v) is 19.2. The van der Waals surface area contributed by atoms with Crippen LogP contribution in [0.25, 0.3) is 0 Å². The van der Waals surface area contributed by atoms with Crippen molar-refractivity contribution < 1.29 is 14.7 Å². The molecule has 1 unspecified atom stereocenters. The van der Waals surface area contributed by atoms with E-state index in [1.54, 1.807) is 12.1 Å². The van der Waals surface area contributed by atoms with Gasteiger partial charge in [0.25, 0.3) is 5.91 Å². The molecule has 0 aliphatic carbocycles. The summed E-state index contributed by atoms with van der Waals surface area (Å²) in [6.07, 6.45) is 0. The number of rotatable bonds is 4. The first-order valence-electron chi connectivity index (χ1n) is 10.0. The summed E-state index contributed by atoms with van der Waals surface area (Å²) < 4.78 is 0.280. The van der Waals surface area contributed by atoms with Gasteiger partial charge in [-0.25, -0.2) is 4.79 Å². The highest BCUT2D eigenvalue weighted by molar-refractivity contribution is 14.1. The minimum Gasteiger partial charge on any atom is -0.508 e. The van der Waals surface area contributed by atoms with E-state index in [4.69, 9.17) is 0 Å². The smallest absolute Gasteiger partial charge is 0.331 e. The summed E-state index contributed by atoms with van der Waals surface area (Å²) >= 11 is 2.45. The predicted molar refractivity (Wildman–Crippen MR) is 127 cm³/mol. The molecule has 1 atom stereocenters. The van der Waals surface area contributed by atoms with Gasteiger partial charge in [0.05, 0.1) is 4.05 Å². The lowest BCUT2D eigenvalue weighted by molar-refractivity contribution is -0.125. The van der Waals surface area contributed by atoms with E-state index in [0.29, 0.717) is 0 Å². The largest absolute Gasteiger partial charge is 0.508 e. The minimum absolute atomic E-state index is 0.0938. The van der Waals surface area contributed by atoms with E-state index in [2.05, 4.69) is 32.4 Å². The van der Waals surface area contributed by atoms with Gasteiger partial charge < -0.3 is 14.9 Å². The number of imide groups is 1. The maximum Gasteiger partial charge on any atom is 0.331 e. The fourth-order valence-corrected chi connectivity index (χ4v) is 5.06. The highest BCUT2D eigenvalue weighted by Crippen LogP contribution is 2.30. The first kappa shape index (κ1) is 20.8. The Morgan fingerprint density at radius 3 is 2.10 bits per heavy atom. The van der Waals surface area contributed by atoms with E-state index in [9.17, 15) is 14.7 Å². The number of nitrogens with zero attached hydrogens (tertiary/aromatic N) is 4. The van der Waals surface area contributed by atoms with Crippen molar-refractivity contribution in [2.45, 2.75) is 23.9 Å². The summed E-state index contributed by atoms with van der Waals surface area (Å²) in [5.74, 6) is 0.120. The van der Waals surface area contributed by atoms with E-state index in [-0.39, 0.29) is 34.3 Å². The molecule has 0 saturated carbocycles. The monoisotopic (exact) mass is 520 g/mol. The number of hydrogen-bond acceptors (Lipinski definition) is 5. The van der Waals surface area contributed by atoms with Crippen molar-refractivity contribution in [3.8, 4) is 5.75 Å². The maximum absolute atomic E-state index is 12.6. The molecule has 3 amide bonds. The summed E-state index contributed by atoms with van der Waals surface area (Å²) in [6.45, 7) is 6.41. The number of amides is 3. The molecule has 2 aromatic carbocycles. The zero-order chi connectivity index (χ0) is 21.4. The second-order valence-electron chi connectivity index (χ2n) is 7.83. The molecule has 2 fully saturated rings. The summed E-state index contributed by atoms with van der Waals surface area (Å²) in [6, 6.07) is 14.8. The lowest BCUT2D eigenvalue weighted by atomic mass is 10.2. The molecule has 7 nitrogen and oxygen atoms in total. The predicted octanol–water partition coefficient (Wildman–Crippen LogP) is 3.66. The molecule has 2 heterocycles. The van der Waals surface area contributed by atoms with Crippen LogP contribution in [0.4, 0.5) is 21.9 Å². The third-order valence-corrected chi connectivity index (χ3v) is 6.61. The van der Waals surface area contributed by atoms with Crippen LogP contribution in [0.2, 0.25) is 0 Å². The summed E-state index contributed by atoms with van der Waals surface area (Å²) in [7, 11) is 0. The number of alkyl halides is 1. The van der Waals surface area contributed by atoms with Crippen molar-refractivity contribution in [1.29, 1.82) is 0 Å². The molecular formula is C22H25IN4O3. The third kappa shape index (κ3) is 3.92. The second kappa shape index (κ2) is 8.33. The van der Waals surface area contributed by atoms with Gasteiger partial charge in [0.15, 0.2) is 0 Å². The number of hydrogen-bond donors (Lipinski definition) is 1. The van der Waals surface area contributed by atoms with Gasteiger partial charge in [0.2, 0.25) is 0 Å². The Labute approximate surface area is 190 Å². The lowest BCUT2D eigenvalue weighted by Gasteiger charge is -2.41. The molecular weight excluding hydrogens is 495 g/mol. The molecule has 2 saturated heterocycles. The summed E-state index contributed by atoms with van der Waals surface area (Å²) in [5.41, 5.74) is 2.95. The van der Waals surface area contributed by atoms with Gasteiger partial charge in [-0.2, -0.15) is 0 Å². The maximum atomic E-state index is 12.6. The van der Waals surface area contributed by atoms with Gasteiger partial charge in [-0.1, -0.05) is 22.6 Å². The van der Waals surface area contributed by atoms with Crippen molar-refractivity contribution in [3.05, 3.63) is 48.5 Å². The molecule has 0 bridgehead atoms. The Bertz CT molecular complexity index is 932. The highest BCUT2D eigenvalue weighted by Gasteiger charge is 2.38. The molecule has 0 aromatic heterocycles. The van der Waals surface area contributed by atoms with E-state index in [1.165, 1.54) is 9.80 Å². The van der Waals surface area contributed by atoms with E-state index >= 15 is 0 Å². The third-order valence-electron chi connectivity index (χ3n) is 5.54. The first-order chi connectivity index (χ1) is 14.3. The van der Waals surface area contributed by atoms with Crippen LogP contribution in [-0.2, 0) is 4.79 Å². The molecule has 0 spiro atoms. The van der Waals surface area contributed by atoms with E-state index in [1.807, 2.05) is 50.2 Å². The standard InChI is InChI=1S/C22H25IN4O3/c1-15(2)27-21(29)14-26(22(27)30)18-5-3-17(4-6-18)25-12-11-24(13-20(25)23)16-7-9-19(28)10-8-16/h3-10,15,20,28H,11-14H2,1-2H3. The van der Waals surface area contributed by atoms with Gasteiger partial charge in [-0.3, -0.25) is 14.6 Å². The van der Waals surface area contributed by atoms with Crippen LogP contribution < -0.4 is 14.7 Å². The molecule has 8 heteroatoms. The van der Waals surface area contributed by atoms with Gasteiger partial charge >= 0.3 is 6.03 Å². The Morgan fingerprint density at radius 1 is 0.933 bits per heavy atom. The molecule has 30 heavy (non-hydrogen) atoms. The topological polar surface area (TPSA) is 67.3 Å². The van der Waals surface area contributed by atoms with Gasteiger partial charge in [0, 0.05) is 42.7 Å². The fourth-order valence-electron chi connectivity index (χ4n) is 3.98. The Morgan fingerprint density at radius 2 is 1.53 bits per heavy atom. The number of benzene rings is 2.